The van der Waals surface area contributed by atoms with Gasteiger partial charge in [-0.1, -0.05) is 18.5 Å². The zero-order valence-corrected chi connectivity index (χ0v) is 13.2. The predicted octanol–water partition coefficient (Wildman–Crippen LogP) is 2.40. The summed E-state index contributed by atoms with van der Waals surface area (Å²) in [4.78, 5) is 17.8. The fourth-order valence-electron chi connectivity index (χ4n) is 1.80. The van der Waals surface area contributed by atoms with Crippen LogP contribution < -0.4 is 5.32 Å². The molecule has 0 fully saturated rings. The molecule has 0 aromatic carbocycles. The molecule has 1 amide bonds. The third kappa shape index (κ3) is 4.98. The molecule has 0 bridgehead atoms. The number of nitrogens with one attached hydrogen (secondary N) is 1. The van der Waals surface area contributed by atoms with Crippen LogP contribution in [0, 0.1) is 0 Å². The summed E-state index contributed by atoms with van der Waals surface area (Å²) >= 11 is 6.10. The number of hydrogen-bond donors (Lipinski definition) is 2. The van der Waals surface area contributed by atoms with Gasteiger partial charge in [0.1, 0.15) is 5.82 Å². The third-order valence-electron chi connectivity index (χ3n) is 2.60. The van der Waals surface area contributed by atoms with Crippen LogP contribution in [0.3, 0.4) is 0 Å². The van der Waals surface area contributed by atoms with Crippen molar-refractivity contribution in [2.24, 2.45) is 0 Å². The van der Waals surface area contributed by atoms with Crippen molar-refractivity contribution in [2.45, 2.75) is 32.8 Å². The van der Waals surface area contributed by atoms with Crippen molar-refractivity contribution in [3.63, 3.8) is 0 Å². The number of anilines is 1. The minimum Gasteiger partial charge on any atom is -0.389 e. The van der Waals surface area contributed by atoms with Gasteiger partial charge in [-0.3, -0.25) is 4.79 Å². The summed E-state index contributed by atoms with van der Waals surface area (Å²) in [6.07, 6.45) is 2.46. The SMILES string of the molecule is CCCNc1ncc(C(=O)N(C)CC(C)(C)O)cc1Cl. The summed E-state index contributed by atoms with van der Waals surface area (Å²) in [6.45, 7) is 6.36. The summed E-state index contributed by atoms with van der Waals surface area (Å²) in [5, 5.41) is 13.2. The molecule has 0 unspecified atom stereocenters. The maximum absolute atomic E-state index is 12.2. The number of aromatic nitrogens is 1. The van der Waals surface area contributed by atoms with E-state index in [1.807, 2.05) is 6.92 Å². The van der Waals surface area contributed by atoms with Gasteiger partial charge in [0.05, 0.1) is 16.2 Å². The molecule has 0 saturated heterocycles. The molecule has 0 aliphatic rings. The largest absolute Gasteiger partial charge is 0.389 e. The van der Waals surface area contributed by atoms with Crippen LogP contribution in [0.5, 0.6) is 0 Å². The molecule has 1 heterocycles. The summed E-state index contributed by atoms with van der Waals surface area (Å²) < 4.78 is 0. The second-order valence-electron chi connectivity index (χ2n) is 5.45. The van der Waals surface area contributed by atoms with E-state index in [4.69, 9.17) is 11.6 Å². The van der Waals surface area contributed by atoms with Crippen LogP contribution in [0.15, 0.2) is 12.3 Å². The normalized spacial score (nSPS) is 11.3. The molecule has 112 valence electrons. The molecule has 1 aromatic rings. The molecule has 0 spiro atoms. The van der Waals surface area contributed by atoms with E-state index in [-0.39, 0.29) is 12.5 Å². The highest BCUT2D eigenvalue weighted by Crippen LogP contribution is 2.21. The van der Waals surface area contributed by atoms with Crippen LogP contribution in [0.4, 0.5) is 5.82 Å². The number of rotatable bonds is 6. The van der Waals surface area contributed by atoms with Gasteiger partial charge in [0, 0.05) is 26.3 Å². The Bertz CT molecular complexity index is 472. The van der Waals surface area contributed by atoms with Gasteiger partial charge < -0.3 is 15.3 Å². The van der Waals surface area contributed by atoms with Crippen molar-refractivity contribution >= 4 is 23.3 Å². The van der Waals surface area contributed by atoms with E-state index in [0.717, 1.165) is 13.0 Å². The highest BCUT2D eigenvalue weighted by Gasteiger charge is 2.21. The Morgan fingerprint density at radius 3 is 2.70 bits per heavy atom. The molecule has 0 atom stereocenters. The van der Waals surface area contributed by atoms with E-state index >= 15 is 0 Å². The number of nitrogens with zero attached hydrogens (tertiary/aromatic N) is 2. The fraction of sp³-hybridized carbons (Fsp3) is 0.571. The Morgan fingerprint density at radius 1 is 1.55 bits per heavy atom. The molecule has 2 N–H and O–H groups in total. The Labute approximate surface area is 125 Å². The first-order valence-corrected chi connectivity index (χ1v) is 6.99. The van der Waals surface area contributed by atoms with Crippen LogP contribution in [-0.2, 0) is 0 Å². The number of amides is 1. The minimum atomic E-state index is -0.940. The molecular weight excluding hydrogens is 278 g/mol. The van der Waals surface area contributed by atoms with Crippen molar-refractivity contribution < 1.29 is 9.90 Å². The van der Waals surface area contributed by atoms with E-state index in [2.05, 4.69) is 10.3 Å². The van der Waals surface area contributed by atoms with Gasteiger partial charge in [-0.15, -0.1) is 0 Å². The second-order valence-corrected chi connectivity index (χ2v) is 5.86. The van der Waals surface area contributed by atoms with E-state index in [1.54, 1.807) is 27.0 Å². The zero-order chi connectivity index (χ0) is 15.3. The lowest BCUT2D eigenvalue weighted by atomic mass is 10.1. The number of pyridine rings is 1. The van der Waals surface area contributed by atoms with Crippen LogP contribution in [-0.4, -0.2) is 46.6 Å². The molecule has 0 saturated carbocycles. The molecule has 6 heteroatoms. The summed E-state index contributed by atoms with van der Waals surface area (Å²) in [7, 11) is 1.64. The molecule has 0 radical (unpaired) electrons. The topological polar surface area (TPSA) is 65.5 Å². The molecule has 1 rings (SSSR count). The lowest BCUT2D eigenvalue weighted by molar-refractivity contribution is 0.0367. The first kappa shape index (κ1) is 16.7. The van der Waals surface area contributed by atoms with Crippen molar-refractivity contribution in [1.29, 1.82) is 0 Å². The van der Waals surface area contributed by atoms with Gasteiger partial charge in [0.15, 0.2) is 0 Å². The van der Waals surface area contributed by atoms with Crippen molar-refractivity contribution in [3.8, 4) is 0 Å². The van der Waals surface area contributed by atoms with Gasteiger partial charge in [-0.05, 0) is 26.3 Å². The minimum absolute atomic E-state index is 0.219. The Morgan fingerprint density at radius 2 is 2.20 bits per heavy atom. The monoisotopic (exact) mass is 299 g/mol. The summed E-state index contributed by atoms with van der Waals surface area (Å²) in [5.74, 6) is 0.360. The Hall–Kier alpha value is -1.33. The maximum Gasteiger partial charge on any atom is 0.255 e. The van der Waals surface area contributed by atoms with Gasteiger partial charge in [-0.2, -0.15) is 0 Å². The average molecular weight is 300 g/mol. The smallest absolute Gasteiger partial charge is 0.255 e. The number of carbonyl (C=O) groups is 1. The van der Waals surface area contributed by atoms with E-state index in [9.17, 15) is 9.90 Å². The fourth-order valence-corrected chi connectivity index (χ4v) is 2.03. The van der Waals surface area contributed by atoms with E-state index in [0.29, 0.717) is 16.4 Å². The van der Waals surface area contributed by atoms with E-state index in [1.165, 1.54) is 11.1 Å². The number of hydrogen-bond acceptors (Lipinski definition) is 4. The molecule has 20 heavy (non-hydrogen) atoms. The van der Waals surface area contributed by atoms with Crippen LogP contribution in [0.2, 0.25) is 5.02 Å². The van der Waals surface area contributed by atoms with Crippen molar-refractivity contribution in [3.05, 3.63) is 22.8 Å². The van der Waals surface area contributed by atoms with Crippen molar-refractivity contribution in [2.75, 3.05) is 25.5 Å². The maximum atomic E-state index is 12.2. The lowest BCUT2D eigenvalue weighted by Crippen LogP contribution is -2.39. The third-order valence-corrected chi connectivity index (χ3v) is 2.89. The number of halogens is 1. The quantitative estimate of drug-likeness (QED) is 0.846. The Balaban J connectivity index is 2.81. The zero-order valence-electron chi connectivity index (χ0n) is 12.4. The lowest BCUT2D eigenvalue weighted by Gasteiger charge is -2.25. The molecular formula is C14H22ClN3O2. The summed E-state index contributed by atoms with van der Waals surface area (Å²) in [6, 6.07) is 1.59. The molecule has 0 aliphatic carbocycles. The highest BCUT2D eigenvalue weighted by molar-refractivity contribution is 6.33. The Kier molecular flexibility index (Phi) is 5.77. The van der Waals surface area contributed by atoms with Crippen LogP contribution >= 0.6 is 11.6 Å². The van der Waals surface area contributed by atoms with Gasteiger partial charge >= 0.3 is 0 Å². The van der Waals surface area contributed by atoms with Gasteiger partial charge in [-0.25, -0.2) is 4.98 Å². The highest BCUT2D eigenvalue weighted by atomic mass is 35.5. The molecule has 1 aromatic heterocycles. The first-order valence-electron chi connectivity index (χ1n) is 6.62. The number of carbonyl (C=O) groups excluding carboxylic acids is 1. The predicted molar refractivity (Wildman–Crippen MR) is 81.3 cm³/mol. The van der Waals surface area contributed by atoms with Gasteiger partial charge in [0.25, 0.3) is 5.91 Å². The van der Waals surface area contributed by atoms with Crippen molar-refractivity contribution in [1.82, 2.24) is 9.88 Å². The van der Waals surface area contributed by atoms with E-state index < -0.39 is 5.60 Å². The van der Waals surface area contributed by atoms with Crippen LogP contribution in [0.1, 0.15) is 37.6 Å². The first-order chi connectivity index (χ1) is 9.24. The van der Waals surface area contributed by atoms with Crippen LogP contribution in [0.25, 0.3) is 0 Å². The number of aliphatic hydroxyl groups is 1. The number of likely N-dealkylation sites (N-methyl/N-ethyl adjacent to an activating group) is 1. The standard InChI is InChI=1S/C14H22ClN3O2/c1-5-6-16-12-11(15)7-10(8-17-12)13(19)18(4)9-14(2,3)20/h7-8,20H,5-6,9H2,1-4H3,(H,16,17). The average Bonchev–Trinajstić information content (AvgIpc) is 2.34. The summed E-state index contributed by atoms with van der Waals surface area (Å²) in [5.41, 5.74) is -0.534. The molecule has 5 nitrogen and oxygen atoms in total. The molecule has 0 aliphatic heterocycles. The second kappa shape index (κ2) is 6.90. The van der Waals surface area contributed by atoms with Gasteiger partial charge in [0.2, 0.25) is 0 Å².